The normalized spacial score (nSPS) is 25.9. The molecule has 0 unspecified atom stereocenters. The Labute approximate surface area is 85.8 Å². The van der Waals surface area contributed by atoms with Crippen LogP contribution in [0.25, 0.3) is 0 Å². The highest BCUT2D eigenvalue weighted by Crippen LogP contribution is 2.21. The molecule has 0 atom stereocenters. The predicted octanol–water partition coefficient (Wildman–Crippen LogP) is 0.0195. The number of nitrogens with one attached hydrogen (secondary N) is 2. The molecule has 0 amide bonds. The maximum atomic E-state index is 4.44. The van der Waals surface area contributed by atoms with Gasteiger partial charge in [0.1, 0.15) is 0 Å². The smallest absolute Gasteiger partial charge is 0.194 e. The lowest BCUT2D eigenvalue weighted by atomic mass is 9.90. The number of rotatable bonds is 1. The van der Waals surface area contributed by atoms with E-state index in [9.17, 15) is 0 Å². The molecule has 4 nitrogen and oxygen atoms in total. The summed E-state index contributed by atoms with van der Waals surface area (Å²) >= 11 is 0. The summed E-state index contributed by atoms with van der Waals surface area (Å²) in [6, 6.07) is 0. The van der Waals surface area contributed by atoms with Crippen molar-refractivity contribution in [1.82, 2.24) is 15.5 Å². The Morgan fingerprint density at radius 1 is 1.43 bits per heavy atom. The number of aliphatic imine (C=N–C) groups is 1. The van der Waals surface area contributed by atoms with Crippen LogP contribution in [0.5, 0.6) is 0 Å². The summed E-state index contributed by atoms with van der Waals surface area (Å²) in [5.74, 6) is 1.11. The van der Waals surface area contributed by atoms with Gasteiger partial charge in [0, 0.05) is 25.2 Å². The number of hydrogen-bond donors (Lipinski definition) is 2. The summed E-state index contributed by atoms with van der Waals surface area (Å²) in [7, 11) is 2.06. The Morgan fingerprint density at radius 2 is 2.14 bits per heavy atom. The van der Waals surface area contributed by atoms with Crippen molar-refractivity contribution >= 4 is 5.96 Å². The lowest BCUT2D eigenvalue weighted by molar-refractivity contribution is 0.210. The van der Waals surface area contributed by atoms with E-state index in [1.54, 1.807) is 0 Å². The van der Waals surface area contributed by atoms with Crippen molar-refractivity contribution in [3.8, 4) is 0 Å². The molecule has 4 heteroatoms. The monoisotopic (exact) mass is 196 g/mol. The molecule has 2 aliphatic heterocycles. The van der Waals surface area contributed by atoms with Crippen LogP contribution in [-0.2, 0) is 0 Å². The van der Waals surface area contributed by atoms with Gasteiger partial charge in [-0.15, -0.1) is 0 Å². The zero-order valence-corrected chi connectivity index (χ0v) is 9.14. The molecule has 0 aromatic carbocycles. The van der Waals surface area contributed by atoms with Crippen LogP contribution in [0.3, 0.4) is 0 Å². The lowest BCUT2D eigenvalue weighted by Crippen LogP contribution is -2.53. The molecule has 80 valence electrons. The second kappa shape index (κ2) is 3.77. The topological polar surface area (TPSA) is 39.7 Å². The highest BCUT2D eigenvalue weighted by Gasteiger charge is 2.29. The molecule has 1 fully saturated rings. The molecule has 0 aliphatic carbocycles. The Balaban J connectivity index is 1.89. The molecule has 2 aliphatic rings. The fourth-order valence-corrected chi connectivity index (χ4v) is 2.06. The Morgan fingerprint density at radius 3 is 2.64 bits per heavy atom. The van der Waals surface area contributed by atoms with Gasteiger partial charge in [-0.05, 0) is 26.8 Å². The number of likely N-dealkylation sites (tertiary alicyclic amines) is 1. The van der Waals surface area contributed by atoms with Crippen molar-refractivity contribution in [2.75, 3.05) is 33.2 Å². The number of hydrogen-bond acceptors (Lipinski definition) is 4. The molecule has 0 aromatic heterocycles. The second-order valence-corrected chi connectivity index (χ2v) is 4.43. The van der Waals surface area contributed by atoms with Gasteiger partial charge in [0.15, 0.2) is 5.96 Å². The maximum absolute atomic E-state index is 4.44. The van der Waals surface area contributed by atoms with Crippen molar-refractivity contribution in [1.29, 1.82) is 0 Å². The summed E-state index contributed by atoms with van der Waals surface area (Å²) < 4.78 is 0. The van der Waals surface area contributed by atoms with E-state index in [2.05, 4.69) is 34.5 Å². The third-order valence-corrected chi connectivity index (χ3v) is 3.43. The van der Waals surface area contributed by atoms with Crippen molar-refractivity contribution in [3.05, 3.63) is 0 Å². The second-order valence-electron chi connectivity index (χ2n) is 4.43. The zero-order valence-electron chi connectivity index (χ0n) is 9.14. The first-order chi connectivity index (χ1) is 6.73. The molecule has 0 spiro atoms. The molecule has 1 saturated heterocycles. The van der Waals surface area contributed by atoms with Gasteiger partial charge in [-0.1, -0.05) is 0 Å². The van der Waals surface area contributed by atoms with E-state index < -0.39 is 0 Å². The van der Waals surface area contributed by atoms with Crippen LogP contribution in [0.15, 0.2) is 4.99 Å². The van der Waals surface area contributed by atoms with Crippen LogP contribution in [-0.4, -0.2) is 49.6 Å². The largest absolute Gasteiger partial charge is 0.354 e. The molecule has 2 N–H and O–H groups in total. The molecule has 0 bridgehead atoms. The third kappa shape index (κ3) is 1.85. The molecule has 14 heavy (non-hydrogen) atoms. The predicted molar refractivity (Wildman–Crippen MR) is 58.6 cm³/mol. The Kier molecular flexibility index (Phi) is 2.63. The summed E-state index contributed by atoms with van der Waals surface area (Å²) in [5.41, 5.74) is 0.329. The van der Waals surface area contributed by atoms with Gasteiger partial charge < -0.3 is 15.5 Å². The van der Waals surface area contributed by atoms with Crippen LogP contribution in [0.1, 0.15) is 19.8 Å². The molecular formula is C10H20N4. The number of nitrogens with zero attached hydrogens (tertiary/aromatic N) is 2. The average Bonchev–Trinajstić information content (AvgIpc) is 2.72. The van der Waals surface area contributed by atoms with Crippen LogP contribution < -0.4 is 10.6 Å². The Bertz CT molecular complexity index is 228. The van der Waals surface area contributed by atoms with Gasteiger partial charge in [0.25, 0.3) is 0 Å². The molecule has 0 aromatic rings. The van der Waals surface area contributed by atoms with E-state index in [-0.39, 0.29) is 0 Å². The molecule has 0 radical (unpaired) electrons. The SMILES string of the molecule is CNC1(C)CCN(C2=NCCN2)CC1. The van der Waals surface area contributed by atoms with Gasteiger partial charge in [0.05, 0.1) is 6.54 Å². The Hall–Kier alpha value is -0.770. The first-order valence-electron chi connectivity index (χ1n) is 5.46. The number of piperidine rings is 1. The summed E-state index contributed by atoms with van der Waals surface area (Å²) in [4.78, 5) is 6.81. The molecule has 2 rings (SSSR count). The van der Waals surface area contributed by atoms with Crippen LogP contribution in [0.2, 0.25) is 0 Å². The minimum absolute atomic E-state index is 0.329. The lowest BCUT2D eigenvalue weighted by Gasteiger charge is -2.40. The summed E-state index contributed by atoms with van der Waals surface area (Å²) in [6.07, 6.45) is 2.40. The van der Waals surface area contributed by atoms with Gasteiger partial charge in [-0.2, -0.15) is 0 Å². The highest BCUT2D eigenvalue weighted by atomic mass is 15.3. The van der Waals surface area contributed by atoms with Crippen molar-refractivity contribution in [2.24, 2.45) is 4.99 Å². The van der Waals surface area contributed by atoms with E-state index in [1.165, 1.54) is 12.8 Å². The minimum Gasteiger partial charge on any atom is -0.354 e. The van der Waals surface area contributed by atoms with Gasteiger partial charge in [0.2, 0.25) is 0 Å². The first-order valence-corrected chi connectivity index (χ1v) is 5.46. The molecular weight excluding hydrogens is 176 g/mol. The fraction of sp³-hybridized carbons (Fsp3) is 0.900. The van der Waals surface area contributed by atoms with E-state index in [0.717, 1.165) is 32.1 Å². The van der Waals surface area contributed by atoms with Crippen LogP contribution >= 0.6 is 0 Å². The van der Waals surface area contributed by atoms with Gasteiger partial charge >= 0.3 is 0 Å². The first kappa shape index (κ1) is 9.77. The van der Waals surface area contributed by atoms with Gasteiger partial charge in [-0.3, -0.25) is 4.99 Å². The van der Waals surface area contributed by atoms with Crippen LogP contribution in [0, 0.1) is 0 Å². The highest BCUT2D eigenvalue weighted by molar-refractivity contribution is 5.81. The van der Waals surface area contributed by atoms with E-state index in [1.807, 2.05) is 0 Å². The quantitative estimate of drug-likeness (QED) is 0.621. The van der Waals surface area contributed by atoms with Crippen molar-refractivity contribution in [3.63, 3.8) is 0 Å². The van der Waals surface area contributed by atoms with E-state index in [4.69, 9.17) is 0 Å². The minimum atomic E-state index is 0.329. The zero-order chi connectivity index (χ0) is 10.0. The van der Waals surface area contributed by atoms with Crippen LogP contribution in [0.4, 0.5) is 0 Å². The molecule has 0 saturated carbocycles. The fourth-order valence-electron chi connectivity index (χ4n) is 2.06. The number of guanidine groups is 1. The third-order valence-electron chi connectivity index (χ3n) is 3.43. The standard InChI is InChI=1S/C10H20N4/c1-10(11-2)3-7-14(8-4-10)9-12-5-6-13-9/h11H,3-8H2,1-2H3,(H,12,13). The summed E-state index contributed by atoms with van der Waals surface area (Å²) in [5, 5.41) is 6.73. The van der Waals surface area contributed by atoms with Crippen molar-refractivity contribution in [2.45, 2.75) is 25.3 Å². The van der Waals surface area contributed by atoms with E-state index >= 15 is 0 Å². The van der Waals surface area contributed by atoms with Crippen molar-refractivity contribution < 1.29 is 0 Å². The summed E-state index contributed by atoms with van der Waals surface area (Å²) in [6.45, 7) is 6.48. The van der Waals surface area contributed by atoms with Gasteiger partial charge in [-0.25, -0.2) is 0 Å². The average molecular weight is 196 g/mol. The maximum Gasteiger partial charge on any atom is 0.194 e. The molecule has 2 heterocycles. The van der Waals surface area contributed by atoms with E-state index in [0.29, 0.717) is 5.54 Å².